The second-order valence-corrected chi connectivity index (χ2v) is 3.24. The van der Waals surface area contributed by atoms with E-state index in [1.165, 1.54) is 32.4 Å². The normalized spacial score (nSPS) is 34.2. The molecular weight excluding hydrogens is 124 g/mol. The molecule has 1 aliphatic rings. The standard InChI is InChI=1S/C8H18N2/c1-2-10-6-4-3-5-8(10)7-9/h8H,2-7,9H2,1H3/p+2/t8-/m1/s1. The van der Waals surface area contributed by atoms with Gasteiger partial charge in [0.05, 0.1) is 13.1 Å². The molecule has 0 saturated carbocycles. The van der Waals surface area contributed by atoms with Crippen molar-refractivity contribution in [3.05, 3.63) is 0 Å². The third-order valence-corrected chi connectivity index (χ3v) is 2.68. The van der Waals surface area contributed by atoms with Crippen LogP contribution in [-0.4, -0.2) is 25.7 Å². The number of piperidine rings is 1. The van der Waals surface area contributed by atoms with Crippen molar-refractivity contribution < 1.29 is 10.6 Å². The molecule has 0 amide bonds. The van der Waals surface area contributed by atoms with E-state index in [4.69, 9.17) is 0 Å². The average Bonchev–Trinajstić information content (AvgIpc) is 2.04. The van der Waals surface area contributed by atoms with E-state index in [9.17, 15) is 0 Å². The van der Waals surface area contributed by atoms with Gasteiger partial charge in [-0.25, -0.2) is 0 Å². The van der Waals surface area contributed by atoms with Crippen molar-refractivity contribution in [2.24, 2.45) is 0 Å². The van der Waals surface area contributed by atoms with Crippen LogP contribution in [0.15, 0.2) is 0 Å². The second-order valence-electron chi connectivity index (χ2n) is 3.24. The van der Waals surface area contributed by atoms with Crippen molar-refractivity contribution in [1.82, 2.24) is 0 Å². The van der Waals surface area contributed by atoms with Gasteiger partial charge in [-0.1, -0.05) is 0 Å². The number of hydrogen-bond donors (Lipinski definition) is 2. The van der Waals surface area contributed by atoms with Crippen molar-refractivity contribution in [1.29, 1.82) is 0 Å². The maximum absolute atomic E-state index is 3.99. The van der Waals surface area contributed by atoms with Gasteiger partial charge in [0.1, 0.15) is 12.6 Å². The molecule has 2 atom stereocenters. The van der Waals surface area contributed by atoms with Gasteiger partial charge < -0.3 is 10.6 Å². The Balaban J connectivity index is 2.34. The SMILES string of the molecule is CC[NH+]1CCCC[C@@H]1C[NH3+]. The molecule has 0 bridgehead atoms. The lowest BCUT2D eigenvalue weighted by Gasteiger charge is -2.29. The highest BCUT2D eigenvalue weighted by molar-refractivity contribution is 4.58. The predicted octanol–water partition coefficient (Wildman–Crippen LogP) is -1.31. The van der Waals surface area contributed by atoms with Crippen LogP contribution in [0.5, 0.6) is 0 Å². The van der Waals surface area contributed by atoms with Gasteiger partial charge in [0.25, 0.3) is 0 Å². The number of rotatable bonds is 2. The average molecular weight is 144 g/mol. The topological polar surface area (TPSA) is 32.1 Å². The lowest BCUT2D eigenvalue weighted by molar-refractivity contribution is -0.934. The molecule has 0 aromatic heterocycles. The van der Waals surface area contributed by atoms with Crippen molar-refractivity contribution >= 4 is 0 Å². The van der Waals surface area contributed by atoms with Gasteiger partial charge in [-0.05, 0) is 19.8 Å². The Morgan fingerprint density at radius 3 is 2.80 bits per heavy atom. The number of quaternary nitrogens is 2. The molecule has 1 rings (SSSR count). The maximum atomic E-state index is 3.99. The summed E-state index contributed by atoms with van der Waals surface area (Å²) < 4.78 is 0. The molecule has 1 aliphatic heterocycles. The molecule has 10 heavy (non-hydrogen) atoms. The summed E-state index contributed by atoms with van der Waals surface area (Å²) in [5.41, 5.74) is 3.99. The number of likely N-dealkylation sites (tertiary alicyclic amines) is 1. The van der Waals surface area contributed by atoms with E-state index in [1.54, 1.807) is 4.90 Å². The van der Waals surface area contributed by atoms with Gasteiger partial charge in [-0.2, -0.15) is 0 Å². The number of hydrogen-bond acceptors (Lipinski definition) is 0. The summed E-state index contributed by atoms with van der Waals surface area (Å²) in [4.78, 5) is 1.78. The third-order valence-electron chi connectivity index (χ3n) is 2.68. The van der Waals surface area contributed by atoms with E-state index in [1.807, 2.05) is 0 Å². The summed E-state index contributed by atoms with van der Waals surface area (Å²) in [6.07, 6.45) is 4.27. The van der Waals surface area contributed by atoms with Crippen LogP contribution in [-0.2, 0) is 0 Å². The van der Waals surface area contributed by atoms with Gasteiger partial charge >= 0.3 is 0 Å². The van der Waals surface area contributed by atoms with Crippen LogP contribution < -0.4 is 10.6 Å². The first-order chi connectivity index (χ1) is 4.88. The van der Waals surface area contributed by atoms with E-state index in [0.717, 1.165) is 12.6 Å². The Bertz CT molecular complexity index is 81.3. The molecule has 60 valence electrons. The first-order valence-corrected chi connectivity index (χ1v) is 4.52. The maximum Gasteiger partial charge on any atom is 0.137 e. The van der Waals surface area contributed by atoms with Gasteiger partial charge in [-0.15, -0.1) is 0 Å². The highest BCUT2D eigenvalue weighted by Gasteiger charge is 2.23. The third kappa shape index (κ3) is 1.70. The quantitative estimate of drug-likeness (QED) is 0.482. The van der Waals surface area contributed by atoms with E-state index in [0.29, 0.717) is 0 Å². The van der Waals surface area contributed by atoms with E-state index >= 15 is 0 Å². The molecule has 1 unspecified atom stereocenters. The summed E-state index contributed by atoms with van der Waals surface area (Å²) in [7, 11) is 0. The number of nitrogens with one attached hydrogen (secondary N) is 1. The molecule has 2 heteroatoms. The van der Waals surface area contributed by atoms with Crippen molar-refractivity contribution in [3.8, 4) is 0 Å². The molecule has 1 saturated heterocycles. The Morgan fingerprint density at radius 1 is 1.50 bits per heavy atom. The van der Waals surface area contributed by atoms with Crippen LogP contribution >= 0.6 is 0 Å². The summed E-state index contributed by atoms with van der Waals surface area (Å²) in [6.45, 7) is 6.09. The van der Waals surface area contributed by atoms with Gasteiger partial charge in [0.15, 0.2) is 0 Å². The minimum atomic E-state index is 0.874. The molecular formula is C8H20N2+2. The summed E-state index contributed by atoms with van der Waals surface area (Å²) in [5, 5.41) is 0. The first-order valence-electron chi connectivity index (χ1n) is 4.52. The molecule has 0 aromatic carbocycles. The zero-order chi connectivity index (χ0) is 7.40. The van der Waals surface area contributed by atoms with Crippen molar-refractivity contribution in [3.63, 3.8) is 0 Å². The molecule has 0 aromatic rings. The zero-order valence-corrected chi connectivity index (χ0v) is 7.03. The molecule has 0 spiro atoms. The predicted molar refractivity (Wildman–Crippen MR) is 41.8 cm³/mol. The van der Waals surface area contributed by atoms with Crippen molar-refractivity contribution in [2.75, 3.05) is 19.6 Å². The molecule has 0 radical (unpaired) electrons. The lowest BCUT2D eigenvalue weighted by atomic mass is 10.0. The smallest absolute Gasteiger partial charge is 0.137 e. The molecule has 2 nitrogen and oxygen atoms in total. The monoisotopic (exact) mass is 144 g/mol. The van der Waals surface area contributed by atoms with E-state index in [-0.39, 0.29) is 0 Å². The van der Waals surface area contributed by atoms with Crippen LogP contribution in [0.2, 0.25) is 0 Å². The minimum Gasteiger partial charge on any atom is -0.353 e. The highest BCUT2D eigenvalue weighted by atomic mass is 15.2. The van der Waals surface area contributed by atoms with Crippen molar-refractivity contribution in [2.45, 2.75) is 32.2 Å². The first kappa shape index (κ1) is 8.02. The van der Waals surface area contributed by atoms with Crippen LogP contribution in [0.1, 0.15) is 26.2 Å². The highest BCUT2D eigenvalue weighted by Crippen LogP contribution is 2.00. The number of likely N-dealkylation sites (N-methyl/N-ethyl adjacent to an activating group) is 1. The minimum absolute atomic E-state index is 0.874. The lowest BCUT2D eigenvalue weighted by Crippen LogP contribution is -3.17. The van der Waals surface area contributed by atoms with Crippen LogP contribution in [0.4, 0.5) is 0 Å². The molecule has 4 N–H and O–H groups in total. The van der Waals surface area contributed by atoms with Gasteiger partial charge in [0.2, 0.25) is 0 Å². The fourth-order valence-electron chi connectivity index (χ4n) is 1.96. The molecule has 1 fully saturated rings. The molecule has 0 aliphatic carbocycles. The largest absolute Gasteiger partial charge is 0.353 e. The Hall–Kier alpha value is -0.0800. The summed E-state index contributed by atoms with van der Waals surface area (Å²) in [6, 6.07) is 0.874. The summed E-state index contributed by atoms with van der Waals surface area (Å²) >= 11 is 0. The fraction of sp³-hybridized carbons (Fsp3) is 1.00. The Labute approximate surface area is 63.4 Å². The van der Waals surface area contributed by atoms with Crippen LogP contribution in [0.25, 0.3) is 0 Å². The Kier molecular flexibility index (Phi) is 3.16. The van der Waals surface area contributed by atoms with E-state index < -0.39 is 0 Å². The fourth-order valence-corrected chi connectivity index (χ4v) is 1.96. The Morgan fingerprint density at radius 2 is 2.30 bits per heavy atom. The van der Waals surface area contributed by atoms with E-state index in [2.05, 4.69) is 12.7 Å². The molecule has 1 heterocycles. The zero-order valence-electron chi connectivity index (χ0n) is 7.03. The van der Waals surface area contributed by atoms with Gasteiger partial charge in [-0.3, -0.25) is 0 Å². The second kappa shape index (κ2) is 3.94. The summed E-state index contributed by atoms with van der Waals surface area (Å²) in [5.74, 6) is 0. The van der Waals surface area contributed by atoms with Crippen LogP contribution in [0, 0.1) is 0 Å². The van der Waals surface area contributed by atoms with Crippen LogP contribution in [0.3, 0.4) is 0 Å². The van der Waals surface area contributed by atoms with Gasteiger partial charge in [0, 0.05) is 6.42 Å².